The Bertz CT molecular complexity index is 2780. The molecule has 0 saturated carbocycles. The molecule has 47 heavy (non-hydrogen) atoms. The summed E-state index contributed by atoms with van der Waals surface area (Å²) >= 11 is 3.79. The number of benzene rings is 7. The van der Waals surface area contributed by atoms with Crippen LogP contribution in [0.2, 0.25) is 0 Å². The Morgan fingerprint density at radius 2 is 0.979 bits per heavy atom. The van der Waals surface area contributed by atoms with Gasteiger partial charge < -0.3 is 4.57 Å². The van der Waals surface area contributed by atoms with Crippen molar-refractivity contribution >= 4 is 74.1 Å². The Morgan fingerprint density at radius 3 is 1.83 bits per heavy atom. The molecule has 10 rings (SSSR count). The van der Waals surface area contributed by atoms with Gasteiger partial charge in [0.1, 0.15) is 0 Å². The molecule has 0 aliphatic rings. The highest BCUT2D eigenvalue weighted by molar-refractivity contribution is 7.27. The molecule has 1 nitrogen and oxygen atoms in total. The third-order valence-electron chi connectivity index (χ3n) is 9.42. The number of hydrogen-bond acceptors (Lipinski definition) is 2. The van der Waals surface area contributed by atoms with Crippen molar-refractivity contribution in [1.82, 2.24) is 4.57 Å². The van der Waals surface area contributed by atoms with Crippen molar-refractivity contribution in [2.24, 2.45) is 0 Å². The van der Waals surface area contributed by atoms with E-state index in [9.17, 15) is 0 Å². The van der Waals surface area contributed by atoms with Crippen LogP contribution in [0.1, 0.15) is 0 Å². The fourth-order valence-corrected chi connectivity index (χ4v) is 9.69. The first-order valence-electron chi connectivity index (χ1n) is 15.9. The second kappa shape index (κ2) is 10.5. The van der Waals surface area contributed by atoms with Crippen LogP contribution in [0.3, 0.4) is 0 Å². The van der Waals surface area contributed by atoms with Crippen LogP contribution in [0.5, 0.6) is 0 Å². The second-order valence-corrected chi connectivity index (χ2v) is 14.2. The molecule has 10 aromatic rings. The summed E-state index contributed by atoms with van der Waals surface area (Å²) in [6, 6.07) is 59.9. The largest absolute Gasteiger partial charge is 0.308 e. The highest BCUT2D eigenvalue weighted by Gasteiger charge is 2.19. The second-order valence-electron chi connectivity index (χ2n) is 12.1. The lowest BCUT2D eigenvalue weighted by Gasteiger charge is -2.12. The van der Waals surface area contributed by atoms with Crippen LogP contribution in [-0.4, -0.2) is 4.57 Å². The lowest BCUT2D eigenvalue weighted by Crippen LogP contribution is -1.93. The van der Waals surface area contributed by atoms with Gasteiger partial charge in [-0.3, -0.25) is 0 Å². The fourth-order valence-electron chi connectivity index (χ4n) is 7.27. The van der Waals surface area contributed by atoms with E-state index >= 15 is 0 Å². The van der Waals surface area contributed by atoms with Gasteiger partial charge in [-0.25, -0.2) is 0 Å². The number of rotatable bonds is 4. The standard InChI is InChI=1S/C44H27NS2/c1-3-12-28(13-4-1)29-22-24-40-37(26-29)35-20-11-19-34(43(35)46-40)33-17-8-7-16-32(33)30-23-25-41-38(27-30)42-44(47-41)36-18-9-10-21-39(36)45(42)31-14-5-2-6-15-31/h1-27H. The molecule has 220 valence electrons. The Morgan fingerprint density at radius 1 is 0.362 bits per heavy atom. The SMILES string of the molecule is c1ccc(-c2ccc3sc4c(-c5ccccc5-c5ccc6sc7c8ccccc8n(-c8ccccc8)c7c6c5)cccc4c3c2)cc1. The first-order valence-corrected chi connectivity index (χ1v) is 17.6. The van der Waals surface area contributed by atoms with Gasteiger partial charge in [0.25, 0.3) is 0 Å². The minimum absolute atomic E-state index is 1.19. The monoisotopic (exact) mass is 633 g/mol. The molecule has 0 saturated heterocycles. The molecule has 0 atom stereocenters. The van der Waals surface area contributed by atoms with E-state index < -0.39 is 0 Å². The molecule has 0 aliphatic carbocycles. The van der Waals surface area contributed by atoms with E-state index in [4.69, 9.17) is 0 Å². The molecule has 0 radical (unpaired) electrons. The van der Waals surface area contributed by atoms with Gasteiger partial charge >= 0.3 is 0 Å². The van der Waals surface area contributed by atoms with Crippen LogP contribution in [0, 0.1) is 0 Å². The van der Waals surface area contributed by atoms with Crippen molar-refractivity contribution in [2.75, 3.05) is 0 Å². The third-order valence-corrected chi connectivity index (χ3v) is 11.8. The molecular weight excluding hydrogens is 607 g/mol. The maximum absolute atomic E-state index is 2.45. The summed E-state index contributed by atoms with van der Waals surface area (Å²) in [5.74, 6) is 0. The van der Waals surface area contributed by atoms with Crippen molar-refractivity contribution in [1.29, 1.82) is 0 Å². The zero-order chi connectivity index (χ0) is 30.9. The number of para-hydroxylation sites is 2. The molecule has 0 amide bonds. The molecule has 0 N–H and O–H groups in total. The van der Waals surface area contributed by atoms with Gasteiger partial charge in [0.05, 0.1) is 15.7 Å². The van der Waals surface area contributed by atoms with Crippen molar-refractivity contribution < 1.29 is 0 Å². The number of hydrogen-bond donors (Lipinski definition) is 0. The van der Waals surface area contributed by atoms with Crippen molar-refractivity contribution in [3.8, 4) is 39.1 Å². The summed E-state index contributed by atoms with van der Waals surface area (Å²) in [5, 5.41) is 5.24. The van der Waals surface area contributed by atoms with E-state index in [-0.39, 0.29) is 0 Å². The average molecular weight is 634 g/mol. The third kappa shape index (κ3) is 4.14. The number of aromatic nitrogens is 1. The van der Waals surface area contributed by atoms with Crippen LogP contribution in [0.4, 0.5) is 0 Å². The smallest absolute Gasteiger partial charge is 0.0727 e. The number of nitrogens with zero attached hydrogens (tertiary/aromatic N) is 1. The predicted molar refractivity (Wildman–Crippen MR) is 205 cm³/mol. The lowest BCUT2D eigenvalue weighted by atomic mass is 9.93. The number of fused-ring (bicyclic) bond motifs is 8. The van der Waals surface area contributed by atoms with Gasteiger partial charge in [0, 0.05) is 46.9 Å². The molecule has 0 unspecified atom stereocenters. The first kappa shape index (κ1) is 26.7. The van der Waals surface area contributed by atoms with E-state index in [2.05, 4.69) is 168 Å². The van der Waals surface area contributed by atoms with Crippen LogP contribution in [0.15, 0.2) is 164 Å². The topological polar surface area (TPSA) is 4.93 Å². The van der Waals surface area contributed by atoms with Crippen molar-refractivity contribution in [3.63, 3.8) is 0 Å². The lowest BCUT2D eigenvalue weighted by molar-refractivity contribution is 1.19. The van der Waals surface area contributed by atoms with Crippen LogP contribution < -0.4 is 0 Å². The van der Waals surface area contributed by atoms with Crippen LogP contribution in [0.25, 0.3) is 90.4 Å². The molecule has 0 spiro atoms. The molecule has 3 heterocycles. The Hall–Kier alpha value is -5.48. The minimum Gasteiger partial charge on any atom is -0.308 e. The molecule has 3 aromatic heterocycles. The van der Waals surface area contributed by atoms with Crippen LogP contribution in [-0.2, 0) is 0 Å². The maximum Gasteiger partial charge on any atom is 0.0727 e. The summed E-state index contributed by atoms with van der Waals surface area (Å²) in [6.45, 7) is 0. The van der Waals surface area contributed by atoms with Crippen molar-refractivity contribution in [2.45, 2.75) is 0 Å². The zero-order valence-corrected chi connectivity index (χ0v) is 27.0. The quantitative estimate of drug-likeness (QED) is 0.182. The van der Waals surface area contributed by atoms with Gasteiger partial charge in [-0.15, -0.1) is 22.7 Å². The molecule has 0 bridgehead atoms. The van der Waals surface area contributed by atoms with Gasteiger partial charge in [-0.05, 0) is 70.3 Å². The Balaban J connectivity index is 1.18. The van der Waals surface area contributed by atoms with Gasteiger partial charge in [0.15, 0.2) is 0 Å². The van der Waals surface area contributed by atoms with Gasteiger partial charge in [0.2, 0.25) is 0 Å². The fraction of sp³-hybridized carbons (Fsp3) is 0. The van der Waals surface area contributed by atoms with E-state index in [0.717, 1.165) is 0 Å². The van der Waals surface area contributed by atoms with E-state index in [1.807, 2.05) is 22.7 Å². The molecule has 0 aliphatic heterocycles. The van der Waals surface area contributed by atoms with Gasteiger partial charge in [-0.2, -0.15) is 0 Å². The summed E-state index contributed by atoms with van der Waals surface area (Å²) in [5.41, 5.74) is 11.3. The molecule has 7 aromatic carbocycles. The van der Waals surface area contributed by atoms with Crippen molar-refractivity contribution in [3.05, 3.63) is 164 Å². The first-order chi connectivity index (χ1) is 23.3. The Labute approximate surface area is 280 Å². The van der Waals surface area contributed by atoms with E-state index in [0.29, 0.717) is 0 Å². The van der Waals surface area contributed by atoms with Crippen LogP contribution >= 0.6 is 22.7 Å². The van der Waals surface area contributed by atoms with E-state index in [1.165, 1.54) is 90.4 Å². The normalized spacial score (nSPS) is 11.8. The summed E-state index contributed by atoms with van der Waals surface area (Å²) in [7, 11) is 0. The predicted octanol–water partition coefficient (Wildman–Crippen LogP) is 13.4. The zero-order valence-electron chi connectivity index (χ0n) is 25.4. The molecular formula is C44H27NS2. The summed E-state index contributed by atoms with van der Waals surface area (Å²) in [4.78, 5) is 0. The molecule has 0 fully saturated rings. The molecule has 3 heteroatoms. The average Bonchev–Trinajstić information content (AvgIpc) is 3.81. The highest BCUT2D eigenvalue weighted by atomic mass is 32.1. The van der Waals surface area contributed by atoms with Gasteiger partial charge in [-0.1, -0.05) is 121 Å². The Kier molecular flexibility index (Phi) is 5.98. The number of thiophene rings is 2. The summed E-state index contributed by atoms with van der Waals surface area (Å²) in [6.07, 6.45) is 0. The summed E-state index contributed by atoms with van der Waals surface area (Å²) < 4.78 is 7.76. The minimum atomic E-state index is 1.19. The highest BCUT2D eigenvalue weighted by Crippen LogP contribution is 2.46. The maximum atomic E-state index is 2.45. The van der Waals surface area contributed by atoms with E-state index in [1.54, 1.807) is 0 Å².